The van der Waals surface area contributed by atoms with Crippen LogP contribution >= 0.6 is 0 Å². The van der Waals surface area contributed by atoms with Gasteiger partial charge in [-0.2, -0.15) is 0 Å². The molecule has 0 aromatic heterocycles. The summed E-state index contributed by atoms with van der Waals surface area (Å²) >= 11 is 0. The third-order valence-corrected chi connectivity index (χ3v) is 4.82. The third-order valence-electron chi connectivity index (χ3n) is 4.82. The highest BCUT2D eigenvalue weighted by Gasteiger charge is 2.27. The zero-order chi connectivity index (χ0) is 18.4. The summed E-state index contributed by atoms with van der Waals surface area (Å²) in [6.07, 6.45) is -0.489. The molecule has 1 N–H and O–H groups in total. The van der Waals surface area contributed by atoms with Crippen LogP contribution in [0.2, 0.25) is 0 Å². The molecule has 146 valence electrons. The van der Waals surface area contributed by atoms with E-state index < -0.39 is 6.10 Å². The first kappa shape index (κ1) is 19.6. The molecule has 0 radical (unpaired) electrons. The van der Waals surface area contributed by atoms with Crippen LogP contribution in [0.15, 0.2) is 24.3 Å². The van der Waals surface area contributed by atoms with Gasteiger partial charge in [-0.05, 0) is 31.5 Å². The first-order valence-electron chi connectivity index (χ1n) is 9.56. The minimum atomic E-state index is -0.489. The molecule has 2 saturated heterocycles. The van der Waals surface area contributed by atoms with Crippen LogP contribution in [0.25, 0.3) is 0 Å². The van der Waals surface area contributed by atoms with E-state index >= 15 is 0 Å². The standard InChI is InChI=1S/C20H32N2O4/c1-20(2)16-22(8-11-26-20)13-17-4-3-5-19(12-17)25-15-18(23)14-21-6-9-24-10-7-21/h3-5,12,18,23H,6-11,13-16H2,1-2H3/t18-/m1/s1. The minimum absolute atomic E-state index is 0.0873. The second kappa shape index (κ2) is 9.15. The molecular weight excluding hydrogens is 332 g/mol. The summed E-state index contributed by atoms with van der Waals surface area (Å²) in [6.45, 7) is 12.0. The number of rotatable bonds is 7. The maximum atomic E-state index is 10.2. The number of benzene rings is 1. The van der Waals surface area contributed by atoms with E-state index in [4.69, 9.17) is 14.2 Å². The number of hydrogen-bond donors (Lipinski definition) is 1. The molecule has 3 rings (SSSR count). The molecule has 0 aliphatic carbocycles. The first-order valence-corrected chi connectivity index (χ1v) is 9.56. The summed E-state index contributed by atoms with van der Waals surface area (Å²) in [4.78, 5) is 4.63. The predicted octanol–water partition coefficient (Wildman–Crippen LogP) is 1.37. The molecule has 0 amide bonds. The van der Waals surface area contributed by atoms with Crippen molar-refractivity contribution >= 4 is 0 Å². The minimum Gasteiger partial charge on any atom is -0.491 e. The molecule has 1 aromatic rings. The van der Waals surface area contributed by atoms with Crippen molar-refractivity contribution in [1.29, 1.82) is 0 Å². The zero-order valence-corrected chi connectivity index (χ0v) is 16.0. The number of hydrogen-bond acceptors (Lipinski definition) is 6. The normalized spacial score (nSPS) is 22.9. The largest absolute Gasteiger partial charge is 0.491 e. The summed E-state index contributed by atoms with van der Waals surface area (Å²) in [7, 11) is 0. The summed E-state index contributed by atoms with van der Waals surface area (Å²) in [5, 5.41) is 10.2. The van der Waals surface area contributed by atoms with E-state index in [-0.39, 0.29) is 5.60 Å². The van der Waals surface area contributed by atoms with E-state index in [1.54, 1.807) is 0 Å². The Labute approximate surface area is 156 Å². The number of ether oxygens (including phenoxy) is 3. The van der Waals surface area contributed by atoms with Crippen molar-refractivity contribution in [3.8, 4) is 5.75 Å². The molecule has 2 aliphatic rings. The molecule has 6 heteroatoms. The average Bonchev–Trinajstić information content (AvgIpc) is 2.60. The van der Waals surface area contributed by atoms with Crippen molar-refractivity contribution in [3.05, 3.63) is 29.8 Å². The third kappa shape index (κ3) is 6.21. The fourth-order valence-corrected chi connectivity index (χ4v) is 3.57. The van der Waals surface area contributed by atoms with Gasteiger partial charge in [0.2, 0.25) is 0 Å². The van der Waals surface area contributed by atoms with Gasteiger partial charge in [-0.15, -0.1) is 0 Å². The van der Waals surface area contributed by atoms with Gasteiger partial charge in [0.15, 0.2) is 0 Å². The molecule has 26 heavy (non-hydrogen) atoms. The fourth-order valence-electron chi connectivity index (χ4n) is 3.57. The van der Waals surface area contributed by atoms with Crippen LogP contribution in [0, 0.1) is 0 Å². The second-order valence-corrected chi connectivity index (χ2v) is 7.84. The fraction of sp³-hybridized carbons (Fsp3) is 0.700. The Kier molecular flexibility index (Phi) is 6.89. The number of nitrogens with zero attached hydrogens (tertiary/aromatic N) is 2. The number of aliphatic hydroxyl groups is 1. The van der Waals surface area contributed by atoms with E-state index in [0.717, 1.165) is 58.3 Å². The van der Waals surface area contributed by atoms with Crippen LogP contribution in [0.5, 0.6) is 5.75 Å². The van der Waals surface area contributed by atoms with Gasteiger partial charge in [0.05, 0.1) is 25.4 Å². The van der Waals surface area contributed by atoms with Gasteiger partial charge >= 0.3 is 0 Å². The number of β-amino-alcohol motifs (C(OH)–C–C–N with tert-alkyl or cyclic N) is 1. The lowest BCUT2D eigenvalue weighted by atomic mass is 10.1. The smallest absolute Gasteiger partial charge is 0.119 e. The van der Waals surface area contributed by atoms with Crippen molar-refractivity contribution in [2.75, 3.05) is 59.2 Å². The van der Waals surface area contributed by atoms with Gasteiger partial charge in [-0.25, -0.2) is 0 Å². The molecule has 1 atom stereocenters. The molecule has 2 heterocycles. The lowest BCUT2D eigenvalue weighted by Crippen LogP contribution is -2.47. The Morgan fingerprint density at radius 3 is 2.69 bits per heavy atom. The Bertz CT molecular complexity index is 560. The van der Waals surface area contributed by atoms with Crippen molar-refractivity contribution in [2.45, 2.75) is 32.1 Å². The SMILES string of the molecule is CC1(C)CN(Cc2cccc(OC[C@H](O)CN3CCOCC3)c2)CCO1. The highest BCUT2D eigenvalue weighted by molar-refractivity contribution is 5.28. The average molecular weight is 364 g/mol. The van der Waals surface area contributed by atoms with Gasteiger partial charge < -0.3 is 19.3 Å². The van der Waals surface area contributed by atoms with E-state index in [0.29, 0.717) is 13.2 Å². The first-order chi connectivity index (χ1) is 12.5. The van der Waals surface area contributed by atoms with Crippen LogP contribution in [0.1, 0.15) is 19.4 Å². The van der Waals surface area contributed by atoms with Gasteiger partial charge in [-0.3, -0.25) is 9.80 Å². The maximum absolute atomic E-state index is 10.2. The van der Waals surface area contributed by atoms with Gasteiger partial charge in [0, 0.05) is 39.3 Å². The molecule has 0 spiro atoms. The van der Waals surface area contributed by atoms with Crippen LogP contribution in [-0.2, 0) is 16.0 Å². The van der Waals surface area contributed by atoms with Crippen LogP contribution in [0.3, 0.4) is 0 Å². The van der Waals surface area contributed by atoms with E-state index in [2.05, 4.69) is 35.8 Å². The lowest BCUT2D eigenvalue weighted by Gasteiger charge is -2.38. The van der Waals surface area contributed by atoms with Crippen molar-refractivity contribution < 1.29 is 19.3 Å². The molecule has 0 unspecified atom stereocenters. The molecule has 1 aromatic carbocycles. The molecule has 6 nitrogen and oxygen atoms in total. The maximum Gasteiger partial charge on any atom is 0.119 e. The molecular formula is C20H32N2O4. The summed E-state index contributed by atoms with van der Waals surface area (Å²) < 4.78 is 16.9. The van der Waals surface area contributed by atoms with E-state index in [1.807, 2.05) is 12.1 Å². The topological polar surface area (TPSA) is 54.4 Å². The quantitative estimate of drug-likeness (QED) is 0.789. The Morgan fingerprint density at radius 2 is 1.92 bits per heavy atom. The highest BCUT2D eigenvalue weighted by Crippen LogP contribution is 2.20. The van der Waals surface area contributed by atoms with Crippen LogP contribution < -0.4 is 4.74 Å². The number of aliphatic hydroxyl groups excluding tert-OH is 1. The van der Waals surface area contributed by atoms with E-state index in [1.165, 1.54) is 5.56 Å². The van der Waals surface area contributed by atoms with Crippen LogP contribution in [-0.4, -0.2) is 85.8 Å². The molecule has 2 aliphatic heterocycles. The lowest BCUT2D eigenvalue weighted by molar-refractivity contribution is -0.0882. The Hall–Kier alpha value is -1.18. The van der Waals surface area contributed by atoms with Gasteiger partial charge in [-0.1, -0.05) is 12.1 Å². The molecule has 0 bridgehead atoms. The van der Waals surface area contributed by atoms with E-state index in [9.17, 15) is 5.11 Å². The van der Waals surface area contributed by atoms with Gasteiger partial charge in [0.1, 0.15) is 18.5 Å². The highest BCUT2D eigenvalue weighted by atomic mass is 16.5. The Balaban J connectivity index is 1.46. The molecule has 2 fully saturated rings. The predicted molar refractivity (Wildman–Crippen MR) is 101 cm³/mol. The van der Waals surface area contributed by atoms with Crippen molar-refractivity contribution in [3.63, 3.8) is 0 Å². The number of morpholine rings is 2. The van der Waals surface area contributed by atoms with Crippen LogP contribution in [0.4, 0.5) is 0 Å². The monoisotopic (exact) mass is 364 g/mol. The van der Waals surface area contributed by atoms with Crippen molar-refractivity contribution in [2.24, 2.45) is 0 Å². The summed E-state index contributed by atoms with van der Waals surface area (Å²) in [5.41, 5.74) is 1.14. The van der Waals surface area contributed by atoms with Gasteiger partial charge in [0.25, 0.3) is 0 Å². The second-order valence-electron chi connectivity index (χ2n) is 7.84. The summed E-state index contributed by atoms with van der Waals surface area (Å²) in [5.74, 6) is 0.816. The van der Waals surface area contributed by atoms with Crippen molar-refractivity contribution in [1.82, 2.24) is 9.80 Å². The summed E-state index contributed by atoms with van der Waals surface area (Å²) in [6, 6.07) is 8.17. The molecule has 0 saturated carbocycles. The zero-order valence-electron chi connectivity index (χ0n) is 16.0. The Morgan fingerprint density at radius 1 is 1.15 bits per heavy atom.